The third-order valence-corrected chi connectivity index (χ3v) is 3.25. The van der Waals surface area contributed by atoms with Gasteiger partial charge in [0.1, 0.15) is 11.8 Å². The zero-order valence-corrected chi connectivity index (χ0v) is 13.0. The van der Waals surface area contributed by atoms with Crippen LogP contribution in [0.2, 0.25) is 0 Å². The van der Waals surface area contributed by atoms with E-state index in [-0.39, 0.29) is 5.92 Å². The largest absolute Gasteiger partial charge is 0.339 e. The zero-order chi connectivity index (χ0) is 15.4. The van der Waals surface area contributed by atoms with Crippen LogP contribution in [-0.4, -0.2) is 26.7 Å². The summed E-state index contributed by atoms with van der Waals surface area (Å²) >= 11 is 0. The van der Waals surface area contributed by atoms with Crippen LogP contribution in [0.1, 0.15) is 49.7 Å². The number of rotatable bonds is 6. The monoisotopic (exact) mass is 287 g/mol. The number of hydrogen-bond donors (Lipinski definition) is 0. The van der Waals surface area contributed by atoms with Crippen LogP contribution >= 0.6 is 0 Å². The van der Waals surface area contributed by atoms with Crippen molar-refractivity contribution in [3.63, 3.8) is 0 Å². The molecule has 21 heavy (non-hydrogen) atoms. The van der Waals surface area contributed by atoms with Crippen molar-refractivity contribution in [1.29, 1.82) is 5.26 Å². The molecule has 2 aromatic rings. The summed E-state index contributed by atoms with van der Waals surface area (Å²) in [4.78, 5) is 6.47. The maximum atomic E-state index is 9.07. The minimum absolute atomic E-state index is 0.244. The first-order valence-corrected chi connectivity index (χ1v) is 7.13. The molecule has 0 saturated carbocycles. The Bertz CT molecular complexity index is 635. The molecule has 0 amide bonds. The van der Waals surface area contributed by atoms with Crippen molar-refractivity contribution in [2.45, 2.75) is 46.3 Å². The summed E-state index contributed by atoms with van der Waals surface area (Å²) in [5, 5.41) is 13.1. The molecule has 6 nitrogen and oxygen atoms in total. The molecule has 0 N–H and O–H groups in total. The van der Waals surface area contributed by atoms with E-state index < -0.39 is 0 Å². The summed E-state index contributed by atoms with van der Waals surface area (Å²) in [6, 6.07) is 4.14. The van der Waals surface area contributed by atoms with Gasteiger partial charge in [-0.2, -0.15) is 10.2 Å². The molecule has 112 valence electrons. The second-order valence-electron chi connectivity index (χ2n) is 5.51. The van der Waals surface area contributed by atoms with Gasteiger partial charge in [0, 0.05) is 25.2 Å². The van der Waals surface area contributed by atoms with Crippen LogP contribution in [0.25, 0.3) is 0 Å². The summed E-state index contributed by atoms with van der Waals surface area (Å²) < 4.78 is 7.15. The fourth-order valence-corrected chi connectivity index (χ4v) is 2.19. The Morgan fingerprint density at radius 2 is 2.19 bits per heavy atom. The van der Waals surface area contributed by atoms with Gasteiger partial charge in [-0.3, -0.25) is 4.90 Å². The lowest BCUT2D eigenvalue weighted by atomic mass is 10.2. The van der Waals surface area contributed by atoms with Crippen LogP contribution in [0.15, 0.2) is 16.8 Å². The zero-order valence-electron chi connectivity index (χ0n) is 13.0. The molecule has 0 aliphatic heterocycles. The summed E-state index contributed by atoms with van der Waals surface area (Å²) in [7, 11) is 2.00. The van der Waals surface area contributed by atoms with Crippen molar-refractivity contribution in [3.05, 3.63) is 35.2 Å². The highest BCUT2D eigenvalue weighted by Gasteiger charge is 2.12. The SMILES string of the molecule is CCn1cc(CN(C)Cc2noc(C(C)C)n2)cc1C#N. The van der Waals surface area contributed by atoms with Gasteiger partial charge in [0.05, 0.1) is 6.54 Å². The average molecular weight is 287 g/mol. The standard InChI is InChI=1S/C15H21N5O/c1-5-20-9-12(6-13(20)7-16)8-19(4)10-14-17-15(11(2)3)21-18-14/h6,9,11H,5,8,10H2,1-4H3. The van der Waals surface area contributed by atoms with Crippen molar-refractivity contribution >= 4 is 0 Å². The van der Waals surface area contributed by atoms with Crippen LogP contribution in [0.5, 0.6) is 0 Å². The normalized spacial score (nSPS) is 11.3. The van der Waals surface area contributed by atoms with Gasteiger partial charge in [0.2, 0.25) is 5.89 Å². The Morgan fingerprint density at radius 1 is 1.43 bits per heavy atom. The first-order chi connectivity index (χ1) is 10.0. The molecule has 0 aliphatic rings. The Kier molecular flexibility index (Phi) is 4.76. The third-order valence-electron chi connectivity index (χ3n) is 3.25. The van der Waals surface area contributed by atoms with Crippen molar-refractivity contribution in [3.8, 4) is 6.07 Å². The lowest BCUT2D eigenvalue weighted by Crippen LogP contribution is -2.17. The van der Waals surface area contributed by atoms with Gasteiger partial charge < -0.3 is 9.09 Å². The van der Waals surface area contributed by atoms with E-state index in [1.165, 1.54) is 0 Å². The quantitative estimate of drug-likeness (QED) is 0.816. The Balaban J connectivity index is 1.99. The van der Waals surface area contributed by atoms with Crippen LogP contribution in [0, 0.1) is 11.3 Å². The molecule has 0 atom stereocenters. The number of nitrogens with zero attached hydrogens (tertiary/aromatic N) is 5. The minimum atomic E-state index is 0.244. The third kappa shape index (κ3) is 3.70. The van der Waals surface area contributed by atoms with E-state index in [9.17, 15) is 0 Å². The summed E-state index contributed by atoms with van der Waals surface area (Å²) in [5.74, 6) is 1.60. The maximum absolute atomic E-state index is 9.07. The van der Waals surface area contributed by atoms with E-state index in [1.807, 2.05) is 44.6 Å². The predicted octanol–water partition coefficient (Wildman–Crippen LogP) is 2.52. The highest BCUT2D eigenvalue weighted by molar-refractivity contribution is 5.28. The maximum Gasteiger partial charge on any atom is 0.229 e. The van der Waals surface area contributed by atoms with Crippen molar-refractivity contribution in [2.75, 3.05) is 7.05 Å². The molecule has 2 rings (SSSR count). The number of hydrogen-bond acceptors (Lipinski definition) is 5. The van der Waals surface area contributed by atoms with Crippen LogP contribution < -0.4 is 0 Å². The molecule has 0 bridgehead atoms. The van der Waals surface area contributed by atoms with Crippen LogP contribution in [0.4, 0.5) is 0 Å². The Labute approximate surface area is 125 Å². The molecule has 0 aromatic carbocycles. The molecule has 0 fully saturated rings. The fourth-order valence-electron chi connectivity index (χ4n) is 2.19. The van der Waals surface area contributed by atoms with E-state index in [2.05, 4.69) is 21.1 Å². The fraction of sp³-hybridized carbons (Fsp3) is 0.533. The van der Waals surface area contributed by atoms with E-state index in [0.29, 0.717) is 24.0 Å². The van der Waals surface area contributed by atoms with Gasteiger partial charge in [0.25, 0.3) is 0 Å². The second-order valence-corrected chi connectivity index (χ2v) is 5.51. The Morgan fingerprint density at radius 3 is 2.71 bits per heavy atom. The first-order valence-electron chi connectivity index (χ1n) is 7.13. The lowest BCUT2D eigenvalue weighted by molar-refractivity contribution is 0.298. The molecule has 2 aromatic heterocycles. The lowest BCUT2D eigenvalue weighted by Gasteiger charge is -2.12. The highest BCUT2D eigenvalue weighted by Crippen LogP contribution is 2.14. The number of aryl methyl sites for hydroxylation is 1. The number of aromatic nitrogens is 3. The summed E-state index contributed by atoms with van der Waals surface area (Å²) in [5.41, 5.74) is 1.81. The van der Waals surface area contributed by atoms with Crippen LogP contribution in [0.3, 0.4) is 0 Å². The first kappa shape index (κ1) is 15.3. The van der Waals surface area contributed by atoms with Gasteiger partial charge in [-0.25, -0.2) is 0 Å². The molecule has 0 saturated heterocycles. The molecule has 2 heterocycles. The van der Waals surface area contributed by atoms with Gasteiger partial charge >= 0.3 is 0 Å². The van der Waals surface area contributed by atoms with E-state index in [0.717, 1.165) is 18.7 Å². The molecule has 6 heteroatoms. The second kappa shape index (κ2) is 6.55. The number of nitriles is 1. The van der Waals surface area contributed by atoms with Crippen molar-refractivity contribution in [2.24, 2.45) is 0 Å². The van der Waals surface area contributed by atoms with Gasteiger partial charge in [0.15, 0.2) is 5.82 Å². The molecule has 0 spiro atoms. The predicted molar refractivity (Wildman–Crippen MR) is 78.4 cm³/mol. The minimum Gasteiger partial charge on any atom is -0.339 e. The molecule has 0 aliphatic carbocycles. The smallest absolute Gasteiger partial charge is 0.229 e. The van der Waals surface area contributed by atoms with E-state index in [1.54, 1.807) is 0 Å². The molecule has 0 unspecified atom stereocenters. The van der Waals surface area contributed by atoms with Gasteiger partial charge in [-0.05, 0) is 25.6 Å². The Hall–Kier alpha value is -2.13. The average Bonchev–Trinajstić information content (AvgIpc) is 3.04. The topological polar surface area (TPSA) is 70.9 Å². The van der Waals surface area contributed by atoms with Crippen molar-refractivity contribution < 1.29 is 4.52 Å². The summed E-state index contributed by atoms with van der Waals surface area (Å²) in [6.07, 6.45) is 2.02. The van der Waals surface area contributed by atoms with Gasteiger partial charge in [-0.1, -0.05) is 19.0 Å². The summed E-state index contributed by atoms with van der Waals surface area (Å²) in [6.45, 7) is 8.24. The van der Waals surface area contributed by atoms with Gasteiger partial charge in [-0.15, -0.1) is 0 Å². The molecular formula is C15H21N5O. The van der Waals surface area contributed by atoms with Crippen LogP contribution in [-0.2, 0) is 19.6 Å². The molecular weight excluding hydrogens is 266 g/mol. The highest BCUT2D eigenvalue weighted by atomic mass is 16.5. The van der Waals surface area contributed by atoms with E-state index >= 15 is 0 Å². The van der Waals surface area contributed by atoms with Crippen molar-refractivity contribution in [1.82, 2.24) is 19.6 Å². The molecule has 0 radical (unpaired) electrons. The van der Waals surface area contributed by atoms with E-state index in [4.69, 9.17) is 9.78 Å².